The number of para-hydroxylation sites is 1. The van der Waals surface area contributed by atoms with Crippen LogP contribution in [-0.2, 0) is 15.8 Å². The lowest BCUT2D eigenvalue weighted by Crippen LogP contribution is -2.22. The molecule has 2 aromatic heterocycles. The molecule has 4 aromatic rings. The average molecular weight is 416 g/mol. The minimum Gasteiger partial charge on any atom is -0.431 e. The number of thioether (sulfide) groups is 1. The van der Waals surface area contributed by atoms with E-state index in [-0.39, 0.29) is 4.90 Å². The Morgan fingerprint density at radius 3 is 2.68 bits per heavy atom. The summed E-state index contributed by atoms with van der Waals surface area (Å²) < 4.78 is 31.4. The maximum absolute atomic E-state index is 12.3. The molecule has 0 fully saturated rings. The van der Waals surface area contributed by atoms with Crippen molar-refractivity contribution >= 4 is 32.9 Å². The molecule has 144 valence electrons. The fourth-order valence-corrected chi connectivity index (χ4v) is 4.14. The van der Waals surface area contributed by atoms with Crippen LogP contribution in [0.2, 0.25) is 0 Å². The summed E-state index contributed by atoms with van der Waals surface area (Å²) in [6.07, 6.45) is 1.70. The van der Waals surface area contributed by atoms with Crippen LogP contribution >= 0.6 is 11.8 Å². The quantitative estimate of drug-likeness (QED) is 0.447. The molecule has 4 rings (SSSR count). The van der Waals surface area contributed by atoms with Crippen molar-refractivity contribution in [2.45, 2.75) is 15.9 Å². The van der Waals surface area contributed by atoms with E-state index in [1.165, 1.54) is 42.3 Å². The summed E-state index contributed by atoms with van der Waals surface area (Å²) in [4.78, 5) is 6.14. The number of rotatable bonds is 6. The number of fused-ring (bicyclic) bond motifs is 1. The molecule has 8 nitrogen and oxygen atoms in total. The van der Waals surface area contributed by atoms with Crippen molar-refractivity contribution in [2.75, 3.05) is 14.1 Å². The van der Waals surface area contributed by atoms with Gasteiger partial charge >= 0.3 is 0 Å². The lowest BCUT2D eigenvalue weighted by atomic mass is 10.3. The second-order valence-corrected chi connectivity index (χ2v) is 9.22. The second kappa shape index (κ2) is 7.38. The molecule has 0 bridgehead atoms. The van der Waals surface area contributed by atoms with Gasteiger partial charge in [-0.25, -0.2) is 17.7 Å². The summed E-state index contributed by atoms with van der Waals surface area (Å²) in [7, 11) is -0.530. The highest BCUT2D eigenvalue weighted by Crippen LogP contribution is 2.27. The zero-order valence-electron chi connectivity index (χ0n) is 15.2. The number of aromatic nitrogens is 4. The largest absolute Gasteiger partial charge is 0.431 e. The minimum atomic E-state index is -3.51. The molecule has 2 heterocycles. The molecule has 2 aromatic carbocycles. The molecular formula is C18H17N5O3S2. The zero-order chi connectivity index (χ0) is 19.7. The Kier molecular flexibility index (Phi) is 4.92. The summed E-state index contributed by atoms with van der Waals surface area (Å²) in [5.41, 5.74) is 2.70. The van der Waals surface area contributed by atoms with Crippen molar-refractivity contribution in [1.82, 2.24) is 24.3 Å². The van der Waals surface area contributed by atoms with Crippen molar-refractivity contribution in [3.05, 3.63) is 60.4 Å². The van der Waals surface area contributed by atoms with Crippen LogP contribution in [0.15, 0.2) is 69.3 Å². The van der Waals surface area contributed by atoms with E-state index in [1.54, 1.807) is 17.1 Å². The molecule has 0 N–H and O–H groups in total. The van der Waals surface area contributed by atoms with E-state index in [9.17, 15) is 8.42 Å². The molecule has 0 saturated carbocycles. The van der Waals surface area contributed by atoms with Gasteiger partial charge in [-0.05, 0) is 30.3 Å². The number of sulfonamides is 1. The molecule has 0 aliphatic heterocycles. The summed E-state index contributed by atoms with van der Waals surface area (Å²) in [6.45, 7) is 0. The van der Waals surface area contributed by atoms with E-state index in [4.69, 9.17) is 4.42 Å². The Hall–Kier alpha value is -2.69. The van der Waals surface area contributed by atoms with Gasteiger partial charge < -0.3 is 4.42 Å². The van der Waals surface area contributed by atoms with Crippen molar-refractivity contribution in [3.63, 3.8) is 0 Å². The Bertz CT molecular complexity index is 1220. The van der Waals surface area contributed by atoms with Gasteiger partial charge in [-0.15, -0.1) is 0 Å². The SMILES string of the molecule is CN(C)S(=O)(=O)c1ccc2oc(SCc3cnn(-c4ccccc4)n3)nc2c1. The first kappa shape index (κ1) is 18.7. The van der Waals surface area contributed by atoms with E-state index < -0.39 is 10.0 Å². The van der Waals surface area contributed by atoms with Crippen LogP contribution in [0.3, 0.4) is 0 Å². The highest BCUT2D eigenvalue weighted by atomic mass is 32.2. The Balaban J connectivity index is 1.51. The monoisotopic (exact) mass is 415 g/mol. The summed E-state index contributed by atoms with van der Waals surface area (Å²) >= 11 is 1.37. The maximum Gasteiger partial charge on any atom is 0.257 e. The Morgan fingerprint density at radius 2 is 1.93 bits per heavy atom. The first-order chi connectivity index (χ1) is 13.4. The topological polar surface area (TPSA) is 94.1 Å². The predicted molar refractivity (Wildman–Crippen MR) is 106 cm³/mol. The van der Waals surface area contributed by atoms with E-state index in [2.05, 4.69) is 15.2 Å². The normalized spacial score (nSPS) is 12.1. The molecule has 0 unspecified atom stereocenters. The fraction of sp³-hybridized carbons (Fsp3) is 0.167. The van der Waals surface area contributed by atoms with Gasteiger partial charge in [0.05, 0.1) is 22.5 Å². The highest BCUT2D eigenvalue weighted by Gasteiger charge is 2.19. The van der Waals surface area contributed by atoms with Gasteiger partial charge in [-0.2, -0.15) is 15.0 Å². The Labute approximate surface area is 166 Å². The molecule has 0 radical (unpaired) electrons. The Morgan fingerprint density at radius 1 is 1.14 bits per heavy atom. The van der Waals surface area contributed by atoms with Gasteiger partial charge in [0.15, 0.2) is 5.58 Å². The van der Waals surface area contributed by atoms with Gasteiger partial charge in [0, 0.05) is 19.8 Å². The van der Waals surface area contributed by atoms with Crippen molar-refractivity contribution < 1.29 is 12.8 Å². The van der Waals surface area contributed by atoms with Crippen LogP contribution in [-0.4, -0.2) is 46.8 Å². The van der Waals surface area contributed by atoms with Crippen LogP contribution in [0.5, 0.6) is 0 Å². The number of hydrogen-bond acceptors (Lipinski definition) is 7. The fourth-order valence-electron chi connectivity index (χ4n) is 2.50. The number of benzene rings is 2. The molecule has 10 heteroatoms. The van der Waals surface area contributed by atoms with Gasteiger partial charge in [0.1, 0.15) is 5.52 Å². The average Bonchev–Trinajstić information content (AvgIpc) is 3.33. The second-order valence-electron chi connectivity index (χ2n) is 6.15. The van der Waals surface area contributed by atoms with Crippen LogP contribution < -0.4 is 0 Å². The standard InChI is InChI=1S/C18H17N5O3S2/c1-22(2)28(24,25)15-8-9-17-16(10-15)20-18(26-17)27-12-13-11-19-23(21-13)14-6-4-3-5-7-14/h3-11H,12H2,1-2H3. The molecule has 0 amide bonds. The number of nitrogens with zero attached hydrogens (tertiary/aromatic N) is 5. The lowest BCUT2D eigenvalue weighted by molar-refractivity contribution is 0.489. The minimum absolute atomic E-state index is 0.181. The molecule has 0 aliphatic rings. The predicted octanol–water partition coefficient (Wildman–Crippen LogP) is 2.95. The van der Waals surface area contributed by atoms with E-state index in [0.29, 0.717) is 22.1 Å². The van der Waals surface area contributed by atoms with Crippen molar-refractivity contribution in [1.29, 1.82) is 0 Å². The van der Waals surface area contributed by atoms with Gasteiger partial charge in [-0.3, -0.25) is 0 Å². The van der Waals surface area contributed by atoms with Crippen LogP contribution in [0, 0.1) is 0 Å². The first-order valence-corrected chi connectivity index (χ1v) is 10.8. The molecule has 0 atom stereocenters. The lowest BCUT2D eigenvalue weighted by Gasteiger charge is -2.10. The summed E-state index contributed by atoms with van der Waals surface area (Å²) in [6, 6.07) is 14.3. The van der Waals surface area contributed by atoms with Gasteiger partial charge in [0.2, 0.25) is 10.0 Å². The number of oxazole rings is 1. The van der Waals surface area contributed by atoms with Gasteiger partial charge in [-0.1, -0.05) is 30.0 Å². The highest BCUT2D eigenvalue weighted by molar-refractivity contribution is 7.98. The van der Waals surface area contributed by atoms with Crippen LogP contribution in [0.1, 0.15) is 5.69 Å². The number of hydrogen-bond donors (Lipinski definition) is 0. The third-order valence-electron chi connectivity index (χ3n) is 3.99. The van der Waals surface area contributed by atoms with E-state index >= 15 is 0 Å². The summed E-state index contributed by atoms with van der Waals surface area (Å²) in [5.74, 6) is 0.530. The third-order valence-corrected chi connectivity index (χ3v) is 6.66. The maximum atomic E-state index is 12.3. The first-order valence-electron chi connectivity index (χ1n) is 8.36. The molecular weight excluding hydrogens is 398 g/mol. The molecule has 0 spiro atoms. The van der Waals surface area contributed by atoms with Crippen LogP contribution in [0.25, 0.3) is 16.8 Å². The summed E-state index contributed by atoms with van der Waals surface area (Å²) in [5, 5.41) is 9.16. The van der Waals surface area contributed by atoms with Gasteiger partial charge in [0.25, 0.3) is 5.22 Å². The van der Waals surface area contributed by atoms with E-state index in [1.807, 2.05) is 30.3 Å². The zero-order valence-corrected chi connectivity index (χ0v) is 16.8. The van der Waals surface area contributed by atoms with Crippen molar-refractivity contribution in [3.8, 4) is 5.69 Å². The van der Waals surface area contributed by atoms with Crippen molar-refractivity contribution in [2.24, 2.45) is 0 Å². The molecule has 0 saturated heterocycles. The van der Waals surface area contributed by atoms with E-state index in [0.717, 1.165) is 11.4 Å². The smallest absolute Gasteiger partial charge is 0.257 e. The molecule has 0 aliphatic carbocycles. The molecule has 28 heavy (non-hydrogen) atoms. The third kappa shape index (κ3) is 3.66. The van der Waals surface area contributed by atoms with Crippen LogP contribution in [0.4, 0.5) is 0 Å².